The summed E-state index contributed by atoms with van der Waals surface area (Å²) in [6.07, 6.45) is 0.424. The van der Waals surface area contributed by atoms with Crippen LogP contribution in [0.3, 0.4) is 0 Å². The Bertz CT molecular complexity index is 814. The van der Waals surface area contributed by atoms with Gasteiger partial charge >= 0.3 is 0 Å². The molecule has 2 aromatic rings. The second kappa shape index (κ2) is 12.3. The van der Waals surface area contributed by atoms with Gasteiger partial charge in [-0.2, -0.15) is 0 Å². The van der Waals surface area contributed by atoms with E-state index in [1.807, 2.05) is 38.1 Å². The van der Waals surface area contributed by atoms with E-state index in [1.165, 1.54) is 12.1 Å². The van der Waals surface area contributed by atoms with Gasteiger partial charge in [0.05, 0.1) is 12.1 Å². The van der Waals surface area contributed by atoms with E-state index in [1.54, 1.807) is 0 Å². The van der Waals surface area contributed by atoms with E-state index >= 15 is 0 Å². The van der Waals surface area contributed by atoms with Crippen molar-refractivity contribution in [2.45, 2.75) is 51.8 Å². The predicted octanol–water partition coefficient (Wildman–Crippen LogP) is 4.18. The summed E-state index contributed by atoms with van der Waals surface area (Å²) in [6, 6.07) is 10.6. The molecule has 0 aliphatic rings. The molecule has 2 rings (SSSR count). The monoisotopic (exact) mass is 530 g/mol. The number of aliphatic hydroxyl groups is 1. The number of benzene rings is 2. The molecule has 0 aliphatic heterocycles. The average Bonchev–Trinajstić information content (AvgIpc) is 2.66. The topological polar surface area (TPSA) is 61.4 Å². The number of hydrogen-bond donors (Lipinski definition) is 3. The molecule has 2 aromatic carbocycles. The van der Waals surface area contributed by atoms with E-state index in [4.69, 9.17) is 0 Å². The van der Waals surface area contributed by atoms with Crippen LogP contribution >= 0.6 is 22.6 Å². The molecule has 0 radical (unpaired) electrons. The molecular formula is C23H29F2IN2O2. The normalized spacial score (nSPS) is 14.2. The summed E-state index contributed by atoms with van der Waals surface area (Å²) in [6.45, 7) is 4.79. The highest BCUT2D eigenvalue weighted by Gasteiger charge is 2.23. The third kappa shape index (κ3) is 8.65. The first kappa shape index (κ1) is 24.7. The number of aliphatic hydroxyl groups excluding tert-OH is 1. The van der Waals surface area contributed by atoms with Crippen molar-refractivity contribution in [2.75, 3.05) is 6.54 Å². The highest BCUT2D eigenvalue weighted by Crippen LogP contribution is 2.13. The van der Waals surface area contributed by atoms with E-state index in [-0.39, 0.29) is 24.8 Å². The smallest absolute Gasteiger partial charge is 0.220 e. The van der Waals surface area contributed by atoms with Gasteiger partial charge in [0.1, 0.15) is 11.6 Å². The summed E-state index contributed by atoms with van der Waals surface area (Å²) >= 11 is 2.24. The Kier molecular flexibility index (Phi) is 10.1. The highest BCUT2D eigenvalue weighted by atomic mass is 127. The maximum absolute atomic E-state index is 13.6. The van der Waals surface area contributed by atoms with Crippen LogP contribution in [0.5, 0.6) is 0 Å². The van der Waals surface area contributed by atoms with Crippen LogP contribution in [0.15, 0.2) is 42.5 Å². The van der Waals surface area contributed by atoms with Gasteiger partial charge in [-0.15, -0.1) is 0 Å². The molecule has 164 valence electrons. The molecule has 7 heteroatoms. The van der Waals surface area contributed by atoms with Crippen molar-refractivity contribution in [1.29, 1.82) is 0 Å². The Morgan fingerprint density at radius 2 is 1.83 bits per heavy atom. The molecule has 0 aliphatic carbocycles. The van der Waals surface area contributed by atoms with Crippen molar-refractivity contribution in [2.24, 2.45) is 5.92 Å². The van der Waals surface area contributed by atoms with Gasteiger partial charge in [-0.25, -0.2) is 8.78 Å². The second-order valence-electron chi connectivity index (χ2n) is 7.70. The quantitative estimate of drug-likeness (QED) is 0.382. The van der Waals surface area contributed by atoms with Crippen LogP contribution in [0.25, 0.3) is 0 Å². The molecule has 0 bridgehead atoms. The maximum Gasteiger partial charge on any atom is 0.220 e. The molecule has 0 spiro atoms. The first-order valence-corrected chi connectivity index (χ1v) is 11.2. The Balaban J connectivity index is 2.03. The fourth-order valence-electron chi connectivity index (χ4n) is 3.15. The molecule has 4 nitrogen and oxygen atoms in total. The third-order valence-electron chi connectivity index (χ3n) is 4.99. The van der Waals surface area contributed by atoms with Gasteiger partial charge in [0.25, 0.3) is 0 Å². The molecule has 3 unspecified atom stereocenters. The molecule has 0 saturated carbocycles. The third-order valence-corrected chi connectivity index (χ3v) is 5.66. The predicted molar refractivity (Wildman–Crippen MR) is 123 cm³/mol. The number of hydrogen-bond acceptors (Lipinski definition) is 3. The zero-order chi connectivity index (χ0) is 22.1. The molecular weight excluding hydrogens is 501 g/mol. The van der Waals surface area contributed by atoms with Crippen molar-refractivity contribution in [1.82, 2.24) is 10.6 Å². The fourth-order valence-corrected chi connectivity index (χ4v) is 3.75. The molecule has 1 amide bonds. The zero-order valence-electron chi connectivity index (χ0n) is 17.3. The van der Waals surface area contributed by atoms with E-state index in [9.17, 15) is 18.7 Å². The SMILES string of the molecule is CCC(C)CC(=O)NC(Cc1cc(F)cc(F)c1)C(O)CNCc1cccc(I)c1. The van der Waals surface area contributed by atoms with Crippen LogP contribution in [0.4, 0.5) is 8.78 Å². The van der Waals surface area contributed by atoms with Crippen LogP contribution in [-0.4, -0.2) is 29.7 Å². The lowest BCUT2D eigenvalue weighted by molar-refractivity contribution is -0.123. The standard InChI is InChI=1S/C23H29F2IN2O2/c1-3-15(2)7-23(30)28-21(11-17-8-18(24)12-19(25)9-17)22(29)14-27-13-16-5-4-6-20(26)10-16/h4-6,8-10,12,15,21-22,27,29H,3,7,11,13-14H2,1-2H3,(H,28,30). The first-order valence-electron chi connectivity index (χ1n) is 10.1. The van der Waals surface area contributed by atoms with Gasteiger partial charge in [0, 0.05) is 29.1 Å². The lowest BCUT2D eigenvalue weighted by Gasteiger charge is -2.25. The van der Waals surface area contributed by atoms with Crippen LogP contribution in [0, 0.1) is 21.1 Å². The van der Waals surface area contributed by atoms with Crippen molar-refractivity contribution in [3.8, 4) is 0 Å². The second-order valence-corrected chi connectivity index (χ2v) is 8.95. The van der Waals surface area contributed by atoms with E-state index in [2.05, 4.69) is 33.2 Å². The Labute approximate surface area is 190 Å². The van der Waals surface area contributed by atoms with E-state index < -0.39 is 23.8 Å². The van der Waals surface area contributed by atoms with E-state index in [0.717, 1.165) is 21.6 Å². The molecule has 3 N–H and O–H groups in total. The summed E-state index contributed by atoms with van der Waals surface area (Å²) in [4.78, 5) is 12.4. The number of carbonyl (C=O) groups is 1. The fraction of sp³-hybridized carbons (Fsp3) is 0.435. The van der Waals surface area contributed by atoms with Gasteiger partial charge in [-0.3, -0.25) is 4.79 Å². The largest absolute Gasteiger partial charge is 0.390 e. The van der Waals surface area contributed by atoms with Crippen molar-refractivity contribution < 1.29 is 18.7 Å². The molecule has 0 fully saturated rings. The van der Waals surface area contributed by atoms with Crippen molar-refractivity contribution in [3.05, 3.63) is 68.8 Å². The molecule has 30 heavy (non-hydrogen) atoms. The summed E-state index contributed by atoms with van der Waals surface area (Å²) in [5.74, 6) is -1.32. The molecule has 3 atom stereocenters. The Morgan fingerprint density at radius 1 is 1.13 bits per heavy atom. The number of carbonyl (C=O) groups excluding carboxylic acids is 1. The minimum absolute atomic E-state index is 0.132. The van der Waals surface area contributed by atoms with Crippen molar-refractivity contribution >= 4 is 28.5 Å². The Hall–Kier alpha value is -1.58. The van der Waals surface area contributed by atoms with Gasteiger partial charge in [-0.1, -0.05) is 32.4 Å². The van der Waals surface area contributed by atoms with Crippen LogP contribution in [0.2, 0.25) is 0 Å². The minimum Gasteiger partial charge on any atom is -0.390 e. The van der Waals surface area contributed by atoms with Gasteiger partial charge < -0.3 is 15.7 Å². The molecule has 0 aromatic heterocycles. The van der Waals surface area contributed by atoms with Gasteiger partial charge in [-0.05, 0) is 70.3 Å². The van der Waals surface area contributed by atoms with E-state index in [0.29, 0.717) is 18.5 Å². The lowest BCUT2D eigenvalue weighted by atomic mass is 9.99. The summed E-state index contributed by atoms with van der Waals surface area (Å²) in [5.41, 5.74) is 1.47. The van der Waals surface area contributed by atoms with Crippen LogP contribution in [-0.2, 0) is 17.8 Å². The average molecular weight is 530 g/mol. The van der Waals surface area contributed by atoms with Gasteiger partial charge in [0.15, 0.2) is 0 Å². The number of nitrogens with one attached hydrogen (secondary N) is 2. The summed E-state index contributed by atoms with van der Waals surface area (Å²) in [5, 5.41) is 16.8. The van der Waals surface area contributed by atoms with Gasteiger partial charge in [0.2, 0.25) is 5.91 Å². The Morgan fingerprint density at radius 3 is 2.47 bits per heavy atom. The highest BCUT2D eigenvalue weighted by molar-refractivity contribution is 14.1. The maximum atomic E-state index is 13.6. The molecule has 0 saturated heterocycles. The number of amides is 1. The lowest BCUT2D eigenvalue weighted by Crippen LogP contribution is -2.49. The van der Waals surface area contributed by atoms with Crippen LogP contribution < -0.4 is 10.6 Å². The first-order chi connectivity index (χ1) is 14.3. The summed E-state index contributed by atoms with van der Waals surface area (Å²) in [7, 11) is 0. The zero-order valence-corrected chi connectivity index (χ0v) is 19.5. The van der Waals surface area contributed by atoms with Crippen molar-refractivity contribution in [3.63, 3.8) is 0 Å². The van der Waals surface area contributed by atoms with Crippen LogP contribution in [0.1, 0.15) is 37.8 Å². The molecule has 0 heterocycles. The minimum atomic E-state index is -0.917. The summed E-state index contributed by atoms with van der Waals surface area (Å²) < 4.78 is 28.3. The number of rotatable bonds is 11. The number of halogens is 3.